The summed E-state index contributed by atoms with van der Waals surface area (Å²) in [6.07, 6.45) is 8.68. The van der Waals surface area contributed by atoms with E-state index in [4.69, 9.17) is 87.8 Å². The van der Waals surface area contributed by atoms with E-state index in [1.807, 2.05) is 0 Å². The number of nitrogens with one attached hydrogen (secondary N) is 2. The molecule has 0 saturated heterocycles. The van der Waals surface area contributed by atoms with Crippen LogP contribution in [0, 0.1) is 40.9 Å². The van der Waals surface area contributed by atoms with Crippen molar-refractivity contribution in [2.24, 2.45) is 11.8 Å². The molecule has 111 heavy (non-hydrogen) atoms. The van der Waals surface area contributed by atoms with Crippen molar-refractivity contribution in [3.05, 3.63) is 232 Å². The normalized spacial score (nSPS) is 12.6. The lowest BCUT2D eigenvalue weighted by atomic mass is 10.2. The Labute approximate surface area is 647 Å². The van der Waals surface area contributed by atoms with Crippen molar-refractivity contribution in [3.63, 3.8) is 0 Å². The average molecular weight is 1690 g/mol. The number of benzene rings is 4. The molecule has 5 N–H and O–H groups in total. The molecule has 30 nitrogen and oxygen atoms in total. The topological polar surface area (TPSA) is 402 Å². The van der Waals surface area contributed by atoms with Gasteiger partial charge in [0, 0.05) is 59.2 Å². The second-order valence-electron chi connectivity index (χ2n) is 23.3. The van der Waals surface area contributed by atoms with E-state index < -0.39 is 81.0 Å². The number of fused-ring (bicyclic) bond motifs is 3. The third-order valence-electron chi connectivity index (χ3n) is 15.7. The van der Waals surface area contributed by atoms with Gasteiger partial charge in [0.1, 0.15) is 45.8 Å². The Morgan fingerprint density at radius 1 is 0.477 bits per heavy atom. The molecule has 0 amide bonds. The molecule has 2 aliphatic carbocycles. The number of anilines is 3. The van der Waals surface area contributed by atoms with Gasteiger partial charge < -0.3 is 47.5 Å². The largest absolute Gasteiger partial charge is 0.479 e. The molecule has 4 aromatic carbocycles. The maximum absolute atomic E-state index is 13.9. The standard InChI is InChI=1S/C22H19ClN4O6S.C21H9Cl2F5N2O5S.C18H12Cl2N4O5S.C4H8O.C3H4N2O/c1-31-22-18(11-16(23)21(24-22)32-12-13-2-3-13)27-17-6-5-15(10-14(17)4-7-20(27)28)34(29,30)26-19-8-9-33-25-19;1-34-21-12(7-10(22)20(23)29-21)30-11-4-3-9(6-8(11)2-5-13(30)31)36(32,33)35-19-17(27)15(25)14(24)16(26)18(19)28;1-28-18-14(9-12(19)17(20)21-18)24-13-4-3-11(8-10(13)2-5-16(24)25)30(26,27)23-15-6-7-29-22-15;5-3-4-1-2-4;4-3-1-2-6-5-3/h4-11,13H,2-3,12H2,1H3,(H,25,26);2-7H,1H3;2-9H,1H3,(H,22,23);4-5H,1-3H2;1-2H,(H2,4,5). The molecular formula is C68H52Cl5F5N12O18S3. The molecule has 0 atom stereocenters. The molecule has 0 unspecified atom stereocenters. The summed E-state index contributed by atoms with van der Waals surface area (Å²) in [7, 11) is -8.89. The summed E-state index contributed by atoms with van der Waals surface area (Å²) < 4.78 is 192. The van der Waals surface area contributed by atoms with E-state index in [0.29, 0.717) is 58.4 Å². The number of ether oxygens (including phenoxy) is 4. The second kappa shape index (κ2) is 34.0. The van der Waals surface area contributed by atoms with Crippen molar-refractivity contribution < 1.29 is 89.0 Å². The number of nitrogen functional groups attached to an aromatic ring is 1. The van der Waals surface area contributed by atoms with Crippen molar-refractivity contribution in [2.75, 3.05) is 49.7 Å². The predicted octanol–water partition coefficient (Wildman–Crippen LogP) is 12.9. The minimum Gasteiger partial charge on any atom is -0.479 e. The summed E-state index contributed by atoms with van der Waals surface area (Å²) in [6, 6.07) is 28.2. The van der Waals surface area contributed by atoms with Crippen LogP contribution in [-0.2, 0) is 30.2 Å². The Morgan fingerprint density at radius 3 is 1.21 bits per heavy atom. The summed E-state index contributed by atoms with van der Waals surface area (Å²) in [5.41, 5.74) is 5.29. The molecule has 0 spiro atoms. The van der Waals surface area contributed by atoms with E-state index in [9.17, 15) is 61.6 Å². The summed E-state index contributed by atoms with van der Waals surface area (Å²) in [5.74, 6) is -12.1. The molecule has 0 bridgehead atoms. The highest BCUT2D eigenvalue weighted by molar-refractivity contribution is 7.93. The molecule has 13 aromatic rings. The molecule has 9 aromatic heterocycles. The Kier molecular flexibility index (Phi) is 24.8. The summed E-state index contributed by atoms with van der Waals surface area (Å²) in [5, 5.41) is 19.9. The van der Waals surface area contributed by atoms with E-state index in [2.05, 4.69) is 57.6 Å². The van der Waals surface area contributed by atoms with E-state index in [0.717, 1.165) is 41.7 Å². The fourth-order valence-corrected chi connectivity index (χ4v) is 13.8. The van der Waals surface area contributed by atoms with Crippen molar-refractivity contribution in [2.45, 2.75) is 40.4 Å². The maximum atomic E-state index is 13.9. The molecule has 0 radical (unpaired) electrons. The van der Waals surface area contributed by atoms with E-state index in [1.165, 1.54) is 153 Å². The van der Waals surface area contributed by atoms with Crippen LogP contribution in [0.25, 0.3) is 49.8 Å². The zero-order valence-corrected chi connectivity index (χ0v) is 63.0. The van der Waals surface area contributed by atoms with Crippen molar-refractivity contribution >= 4 is 138 Å². The van der Waals surface area contributed by atoms with Crippen LogP contribution in [0.4, 0.5) is 39.4 Å². The number of sulfonamides is 2. The fraction of sp³-hybridized carbons (Fsp3) is 0.162. The van der Waals surface area contributed by atoms with Gasteiger partial charge in [-0.2, -0.15) is 32.2 Å². The zero-order chi connectivity index (χ0) is 80.0. The first-order chi connectivity index (χ1) is 52.8. The van der Waals surface area contributed by atoms with Gasteiger partial charge in [-0.3, -0.25) is 37.5 Å². The summed E-state index contributed by atoms with van der Waals surface area (Å²) in [4.78, 5) is 49.8. The number of rotatable bonds is 19. The van der Waals surface area contributed by atoms with Gasteiger partial charge in [0.15, 0.2) is 27.8 Å². The fourth-order valence-electron chi connectivity index (χ4n) is 10.0. The quantitative estimate of drug-likeness (QED) is 0.0192. The van der Waals surface area contributed by atoms with Gasteiger partial charge in [0.25, 0.3) is 36.7 Å². The highest BCUT2D eigenvalue weighted by Crippen LogP contribution is 2.39. The third kappa shape index (κ3) is 18.5. The first kappa shape index (κ1) is 80.9. The van der Waals surface area contributed by atoms with Crippen LogP contribution < -0.4 is 55.0 Å². The summed E-state index contributed by atoms with van der Waals surface area (Å²) >= 11 is 30.3. The van der Waals surface area contributed by atoms with Crippen LogP contribution in [0.2, 0.25) is 25.4 Å². The molecule has 2 aliphatic rings. The number of aliphatic hydroxyl groups is 1. The van der Waals surface area contributed by atoms with Gasteiger partial charge in [0.05, 0.1) is 64.3 Å². The van der Waals surface area contributed by atoms with Gasteiger partial charge in [-0.25, -0.2) is 30.0 Å². The molecule has 43 heteroatoms. The van der Waals surface area contributed by atoms with Crippen LogP contribution in [-0.4, -0.2) is 109 Å². The molecular weight excluding hydrogens is 1640 g/mol. The average Bonchev–Trinajstić information content (AvgIpc) is 1.19. The number of hydrogen-bond donors (Lipinski definition) is 4. The monoisotopic (exact) mass is 1690 g/mol. The number of nitrogens with two attached hydrogens (primary N) is 1. The molecule has 15 rings (SSSR count). The number of aromatic nitrogens is 9. The van der Waals surface area contributed by atoms with Crippen LogP contribution in [0.3, 0.4) is 0 Å². The SMILES string of the molecule is COc1nc(Cl)c(Cl)cc1-n1c(=O)ccc2cc(S(=O)(=O)Nc3ccon3)ccc21.COc1nc(Cl)c(Cl)cc1-n1c(=O)ccc2cc(S(=O)(=O)Oc3c(F)c(F)c(F)c(F)c3F)ccc21.COc1nc(OCC2CC2)c(Cl)cc1-n1c(=O)ccc2cc(S(=O)(=O)Nc3ccon3)ccc21.Nc1ccon1.OCC1CC1. The predicted molar refractivity (Wildman–Crippen MR) is 394 cm³/mol. The first-order valence-electron chi connectivity index (χ1n) is 31.6. The highest BCUT2D eigenvalue weighted by atomic mass is 35.5. The minimum atomic E-state index is -5.11. The number of aliphatic hydroxyl groups excluding tert-OH is 1. The Morgan fingerprint density at radius 2 is 0.856 bits per heavy atom. The Balaban J connectivity index is 0.000000154. The number of halogens is 10. The lowest BCUT2D eigenvalue weighted by Gasteiger charge is -2.16. The zero-order valence-electron chi connectivity index (χ0n) is 56.7. The Hall–Kier alpha value is -11.1. The number of hydrogen-bond acceptors (Lipinski definition) is 25. The number of pyridine rings is 6. The van der Waals surface area contributed by atoms with Gasteiger partial charge in [-0.1, -0.05) is 73.5 Å². The number of nitrogens with zero attached hydrogens (tertiary/aromatic N) is 9. The van der Waals surface area contributed by atoms with E-state index in [-0.39, 0.29) is 98.2 Å². The maximum Gasteiger partial charge on any atom is 0.339 e. The number of methoxy groups -OCH3 is 3. The highest BCUT2D eigenvalue weighted by Gasteiger charge is 2.32. The van der Waals surface area contributed by atoms with Gasteiger partial charge >= 0.3 is 10.1 Å². The van der Waals surface area contributed by atoms with Crippen molar-refractivity contribution in [1.29, 1.82) is 0 Å². The first-order valence-corrected chi connectivity index (χ1v) is 37.9. The van der Waals surface area contributed by atoms with Crippen LogP contribution >= 0.6 is 58.0 Å². The van der Waals surface area contributed by atoms with Crippen LogP contribution in [0.5, 0.6) is 29.3 Å². The Bertz CT molecular complexity index is 6210. The third-order valence-corrected chi connectivity index (χ3v) is 21.3. The van der Waals surface area contributed by atoms with Gasteiger partial charge in [-0.15, -0.1) is 0 Å². The smallest absolute Gasteiger partial charge is 0.339 e. The molecule has 9 heterocycles. The van der Waals surface area contributed by atoms with E-state index in [1.54, 1.807) is 12.1 Å². The molecule has 580 valence electrons. The lowest BCUT2D eigenvalue weighted by molar-refractivity contribution is 0.277. The second-order valence-corrected chi connectivity index (χ2v) is 30.1. The van der Waals surface area contributed by atoms with E-state index >= 15 is 0 Å². The molecule has 2 fully saturated rings. The van der Waals surface area contributed by atoms with Gasteiger partial charge in [0.2, 0.25) is 58.4 Å². The molecule has 2 saturated carbocycles. The van der Waals surface area contributed by atoms with Gasteiger partial charge in [-0.05, 0) is 129 Å². The lowest BCUT2D eigenvalue weighted by Crippen LogP contribution is -2.19. The molecule has 0 aliphatic heterocycles. The minimum absolute atomic E-state index is 0.0138. The van der Waals surface area contributed by atoms with Crippen molar-refractivity contribution in [3.8, 4) is 46.3 Å². The van der Waals surface area contributed by atoms with Crippen molar-refractivity contribution in [1.82, 2.24) is 44.1 Å². The van der Waals surface area contributed by atoms with Crippen LogP contribution in [0.1, 0.15) is 25.7 Å². The summed E-state index contributed by atoms with van der Waals surface area (Å²) in [6.45, 7) is 0.934. The van der Waals surface area contributed by atoms with Crippen LogP contribution in [0.15, 0.2) is 189 Å².